The fourth-order valence-corrected chi connectivity index (χ4v) is 2.05. The highest BCUT2D eigenvalue weighted by Crippen LogP contribution is 2.11. The van der Waals surface area contributed by atoms with Crippen LogP contribution in [0.3, 0.4) is 0 Å². The normalized spacial score (nSPS) is 15.3. The van der Waals surface area contributed by atoms with Crippen molar-refractivity contribution in [1.29, 1.82) is 0 Å². The lowest BCUT2D eigenvalue weighted by atomic mass is 10.1. The van der Waals surface area contributed by atoms with Gasteiger partial charge in [0.1, 0.15) is 6.04 Å². The summed E-state index contributed by atoms with van der Waals surface area (Å²) in [5.74, 6) is -0.868. The SMILES string of the molecule is CI=N/C(=C\N)CC(NC(C)C)C(=O)O. The average Bonchev–Trinajstić information content (AvgIpc) is 2.14. The van der Waals surface area contributed by atoms with Gasteiger partial charge in [0.15, 0.2) is 0 Å². The van der Waals surface area contributed by atoms with Crippen LogP contribution in [0.15, 0.2) is 15.0 Å². The number of hydrogen-bond acceptors (Lipinski definition) is 4. The van der Waals surface area contributed by atoms with Gasteiger partial charge in [-0.1, -0.05) is 13.8 Å². The van der Waals surface area contributed by atoms with E-state index in [1.54, 1.807) is 0 Å². The van der Waals surface area contributed by atoms with Crippen molar-refractivity contribution in [2.75, 3.05) is 4.93 Å². The Hall–Kier alpha value is -0.500. The van der Waals surface area contributed by atoms with Crippen LogP contribution in [0.5, 0.6) is 0 Å². The summed E-state index contributed by atoms with van der Waals surface area (Å²) in [5, 5.41) is 11.9. The Morgan fingerprint density at radius 1 is 1.67 bits per heavy atom. The highest BCUT2D eigenvalue weighted by Gasteiger charge is 2.19. The molecule has 1 unspecified atom stereocenters. The Morgan fingerprint density at radius 3 is 2.60 bits per heavy atom. The van der Waals surface area contributed by atoms with Crippen molar-refractivity contribution in [1.82, 2.24) is 5.32 Å². The molecule has 0 bridgehead atoms. The van der Waals surface area contributed by atoms with E-state index >= 15 is 0 Å². The van der Waals surface area contributed by atoms with E-state index in [4.69, 9.17) is 10.8 Å². The molecule has 4 N–H and O–H groups in total. The van der Waals surface area contributed by atoms with Crippen LogP contribution in [-0.2, 0) is 4.79 Å². The zero-order chi connectivity index (χ0) is 11.8. The number of halogens is 1. The fourth-order valence-electron chi connectivity index (χ4n) is 1.07. The summed E-state index contributed by atoms with van der Waals surface area (Å²) in [6.45, 7) is 3.82. The molecular formula is C9H18IN3O2. The molecule has 6 heteroatoms. The Bertz CT molecular complexity index is 264. The van der Waals surface area contributed by atoms with E-state index in [1.165, 1.54) is 6.20 Å². The number of nitrogens with one attached hydrogen (secondary N) is 1. The second-order valence-corrected chi connectivity index (χ2v) is 4.78. The smallest absolute Gasteiger partial charge is 0.321 e. The van der Waals surface area contributed by atoms with Gasteiger partial charge in [-0.3, -0.25) is 4.79 Å². The van der Waals surface area contributed by atoms with Gasteiger partial charge in [-0.15, -0.1) is 0 Å². The Morgan fingerprint density at radius 2 is 2.27 bits per heavy atom. The lowest BCUT2D eigenvalue weighted by Crippen LogP contribution is -2.41. The highest BCUT2D eigenvalue weighted by molar-refractivity contribution is 14.2. The molecule has 0 aliphatic carbocycles. The van der Waals surface area contributed by atoms with Crippen molar-refractivity contribution >= 4 is 27.0 Å². The number of aliphatic carboxylic acids is 1. The number of carboxylic acid groups (broad SMARTS) is 1. The molecule has 0 aromatic carbocycles. The van der Waals surface area contributed by atoms with Crippen molar-refractivity contribution < 1.29 is 9.90 Å². The second-order valence-electron chi connectivity index (χ2n) is 3.33. The summed E-state index contributed by atoms with van der Waals surface area (Å²) < 4.78 is 4.21. The molecular weight excluding hydrogens is 309 g/mol. The van der Waals surface area contributed by atoms with Crippen molar-refractivity contribution in [3.63, 3.8) is 0 Å². The summed E-state index contributed by atoms with van der Waals surface area (Å²) in [6.07, 6.45) is 1.73. The Labute approximate surface area is 100 Å². The predicted molar refractivity (Wildman–Crippen MR) is 69.0 cm³/mol. The molecule has 0 spiro atoms. The van der Waals surface area contributed by atoms with Crippen LogP contribution >= 0.6 is 21.0 Å². The number of hydrogen-bond donors (Lipinski definition) is 3. The first kappa shape index (κ1) is 14.5. The Balaban J connectivity index is 4.46. The minimum absolute atomic E-state index is 0.126. The first-order chi connectivity index (χ1) is 7.01. The molecule has 1 atom stereocenters. The molecule has 5 nitrogen and oxygen atoms in total. The summed E-state index contributed by atoms with van der Waals surface area (Å²) in [4.78, 5) is 12.9. The molecule has 0 aliphatic heterocycles. The zero-order valence-corrected chi connectivity index (χ0v) is 11.4. The molecule has 0 saturated carbocycles. The molecule has 0 aromatic rings. The summed E-state index contributed by atoms with van der Waals surface area (Å²) >= 11 is -0.256. The van der Waals surface area contributed by atoms with Crippen LogP contribution in [0.2, 0.25) is 0 Å². The number of rotatable bonds is 6. The number of carbonyl (C=O) groups is 1. The van der Waals surface area contributed by atoms with E-state index in [9.17, 15) is 4.79 Å². The third kappa shape index (κ3) is 6.56. The van der Waals surface area contributed by atoms with E-state index in [1.807, 2.05) is 18.8 Å². The number of nitrogens with zero attached hydrogens (tertiary/aromatic N) is 1. The van der Waals surface area contributed by atoms with Crippen LogP contribution in [0.1, 0.15) is 20.3 Å². The first-order valence-corrected chi connectivity index (χ1v) is 7.73. The molecule has 88 valence electrons. The first-order valence-electron chi connectivity index (χ1n) is 4.60. The third-order valence-corrected chi connectivity index (χ3v) is 2.73. The van der Waals surface area contributed by atoms with Gasteiger partial charge in [0, 0.05) is 23.6 Å². The summed E-state index contributed by atoms with van der Waals surface area (Å²) in [6, 6.07) is -0.486. The highest BCUT2D eigenvalue weighted by atomic mass is 127. The van der Waals surface area contributed by atoms with Gasteiger partial charge in [-0.25, -0.2) is 3.15 Å². The van der Waals surface area contributed by atoms with Gasteiger partial charge in [0.05, 0.1) is 5.70 Å². The summed E-state index contributed by atoms with van der Waals surface area (Å²) in [7, 11) is 0. The fraction of sp³-hybridized carbons (Fsp3) is 0.667. The van der Waals surface area contributed by atoms with Gasteiger partial charge < -0.3 is 16.2 Å². The molecule has 0 amide bonds. The lowest BCUT2D eigenvalue weighted by molar-refractivity contribution is -0.139. The van der Waals surface area contributed by atoms with E-state index in [2.05, 4.69) is 8.46 Å². The van der Waals surface area contributed by atoms with E-state index in [0.29, 0.717) is 12.1 Å². The molecule has 15 heavy (non-hydrogen) atoms. The minimum Gasteiger partial charge on any atom is -0.480 e. The van der Waals surface area contributed by atoms with E-state index in [0.717, 1.165) is 0 Å². The van der Waals surface area contributed by atoms with Gasteiger partial charge in [-0.2, -0.15) is 0 Å². The molecule has 0 rings (SSSR count). The van der Waals surface area contributed by atoms with Crippen LogP contribution in [0.25, 0.3) is 0 Å². The topological polar surface area (TPSA) is 87.7 Å². The number of nitrogens with two attached hydrogens (primary N) is 1. The van der Waals surface area contributed by atoms with Gasteiger partial charge >= 0.3 is 5.97 Å². The van der Waals surface area contributed by atoms with Crippen molar-refractivity contribution in [2.45, 2.75) is 32.4 Å². The molecule has 0 aromatic heterocycles. The average molecular weight is 327 g/mol. The standard InChI is InChI=1S/C9H18IN3O2/c1-6(2)12-8(9(14)15)4-7(5-11)13-10-3/h5-6,8,12H,4,11H2,1-3H3,(H,14,15)/b7-5-. The van der Waals surface area contributed by atoms with Gasteiger partial charge in [-0.05, 0) is 21.0 Å². The zero-order valence-electron chi connectivity index (χ0n) is 9.20. The van der Waals surface area contributed by atoms with Gasteiger partial charge in [0.25, 0.3) is 0 Å². The minimum atomic E-state index is -0.868. The molecule has 0 saturated heterocycles. The van der Waals surface area contributed by atoms with E-state index in [-0.39, 0.29) is 27.1 Å². The summed E-state index contributed by atoms with van der Waals surface area (Å²) in [5.41, 5.74) is 6.05. The van der Waals surface area contributed by atoms with Crippen LogP contribution in [-0.4, -0.2) is 28.1 Å². The monoisotopic (exact) mass is 327 g/mol. The Kier molecular flexibility index (Phi) is 7.49. The second kappa shape index (κ2) is 7.75. The van der Waals surface area contributed by atoms with Crippen molar-refractivity contribution in [2.24, 2.45) is 8.88 Å². The molecule has 0 heterocycles. The maximum atomic E-state index is 10.9. The predicted octanol–water partition coefficient (Wildman–Crippen LogP) is 1.41. The lowest BCUT2D eigenvalue weighted by Gasteiger charge is -2.16. The maximum absolute atomic E-state index is 10.9. The molecule has 0 radical (unpaired) electrons. The van der Waals surface area contributed by atoms with E-state index < -0.39 is 12.0 Å². The van der Waals surface area contributed by atoms with Gasteiger partial charge in [0.2, 0.25) is 0 Å². The quantitative estimate of drug-likeness (QED) is 0.508. The molecule has 0 fully saturated rings. The number of carboxylic acids is 1. The third-order valence-electron chi connectivity index (χ3n) is 1.63. The largest absolute Gasteiger partial charge is 0.480 e. The van der Waals surface area contributed by atoms with Crippen LogP contribution in [0, 0.1) is 0 Å². The van der Waals surface area contributed by atoms with Crippen LogP contribution < -0.4 is 11.1 Å². The van der Waals surface area contributed by atoms with Crippen molar-refractivity contribution in [3.8, 4) is 0 Å². The number of alkyl halides is 1. The maximum Gasteiger partial charge on any atom is 0.321 e. The van der Waals surface area contributed by atoms with Crippen molar-refractivity contribution in [3.05, 3.63) is 11.9 Å². The molecule has 0 aliphatic rings. The van der Waals surface area contributed by atoms with Crippen LogP contribution in [0.4, 0.5) is 0 Å².